The van der Waals surface area contributed by atoms with Crippen molar-refractivity contribution in [3.63, 3.8) is 0 Å². The van der Waals surface area contributed by atoms with Gasteiger partial charge in [-0.2, -0.15) is 0 Å². The van der Waals surface area contributed by atoms with Gasteiger partial charge >= 0.3 is 11.8 Å². The van der Waals surface area contributed by atoms with Crippen LogP contribution in [0, 0.1) is 23.2 Å². The van der Waals surface area contributed by atoms with E-state index in [9.17, 15) is 14.4 Å². The van der Waals surface area contributed by atoms with Crippen LogP contribution in [0.15, 0.2) is 23.3 Å². The first-order valence-corrected chi connectivity index (χ1v) is 12.9. The Balaban J connectivity index is 1.19. The molecule has 2 atom stereocenters. The van der Waals surface area contributed by atoms with Crippen molar-refractivity contribution in [1.29, 1.82) is 0 Å². The van der Waals surface area contributed by atoms with E-state index in [-0.39, 0.29) is 34.9 Å². The molecular formula is C26H34N6O4. The minimum Gasteiger partial charge on any atom is -0.444 e. The first kappa shape index (κ1) is 23.1. The molecule has 4 aliphatic carbocycles. The molecule has 192 valence electrons. The van der Waals surface area contributed by atoms with Crippen LogP contribution in [0.4, 0.5) is 4.79 Å². The molecule has 3 heterocycles. The molecular weight excluding hydrogens is 460 g/mol. The van der Waals surface area contributed by atoms with Crippen LogP contribution in [0.3, 0.4) is 0 Å². The van der Waals surface area contributed by atoms with Crippen molar-refractivity contribution in [2.45, 2.75) is 64.5 Å². The highest BCUT2D eigenvalue weighted by Gasteiger charge is 2.59. The zero-order valence-corrected chi connectivity index (χ0v) is 21.0. The number of ether oxygens (including phenoxy) is 1. The van der Waals surface area contributed by atoms with E-state index in [2.05, 4.69) is 25.6 Å². The second-order valence-electron chi connectivity index (χ2n) is 12.0. The molecule has 0 spiro atoms. The Bertz CT molecular complexity index is 1380. The largest absolute Gasteiger partial charge is 0.444 e. The molecule has 7 rings (SSSR count). The number of imidazole rings is 1. The van der Waals surface area contributed by atoms with E-state index in [0.29, 0.717) is 19.0 Å². The van der Waals surface area contributed by atoms with Gasteiger partial charge in [0.15, 0.2) is 0 Å². The second-order valence-corrected chi connectivity index (χ2v) is 12.0. The number of carbonyl (C=O) groups is 2. The summed E-state index contributed by atoms with van der Waals surface area (Å²) >= 11 is 0. The molecule has 4 N–H and O–H groups in total. The summed E-state index contributed by atoms with van der Waals surface area (Å²) in [5, 5.41) is 6.73. The summed E-state index contributed by atoms with van der Waals surface area (Å²) in [6, 6.07) is 2.06. The number of alkyl carbamates (subject to hydrolysis) is 1. The molecule has 3 aromatic heterocycles. The maximum Gasteiger partial charge on any atom is 0.407 e. The molecule has 0 aromatic carbocycles. The van der Waals surface area contributed by atoms with E-state index in [1.165, 1.54) is 0 Å². The van der Waals surface area contributed by atoms with Crippen molar-refractivity contribution in [1.82, 2.24) is 30.2 Å². The van der Waals surface area contributed by atoms with Crippen LogP contribution >= 0.6 is 0 Å². The van der Waals surface area contributed by atoms with Crippen LogP contribution in [0.2, 0.25) is 0 Å². The zero-order chi connectivity index (χ0) is 25.2. The number of fused-ring (bicyclic) bond motifs is 3. The summed E-state index contributed by atoms with van der Waals surface area (Å²) in [5.41, 5.74) is 1.40. The normalized spacial score (nSPS) is 29.1. The van der Waals surface area contributed by atoms with Gasteiger partial charge in [-0.25, -0.2) is 14.6 Å². The molecule has 4 aliphatic rings. The first-order valence-electron chi connectivity index (χ1n) is 12.9. The number of amides is 2. The average molecular weight is 495 g/mol. The Kier molecular flexibility index (Phi) is 5.21. The maximum absolute atomic E-state index is 13.4. The third-order valence-corrected chi connectivity index (χ3v) is 8.34. The van der Waals surface area contributed by atoms with Gasteiger partial charge in [0, 0.05) is 30.7 Å². The van der Waals surface area contributed by atoms with Gasteiger partial charge < -0.3 is 25.3 Å². The third kappa shape index (κ3) is 3.77. The minimum absolute atomic E-state index is 0.0786. The quantitative estimate of drug-likeness (QED) is 0.404. The number of hydrogen-bond acceptors (Lipinski definition) is 5. The number of H-pyrrole nitrogens is 2. The van der Waals surface area contributed by atoms with Crippen LogP contribution in [-0.2, 0) is 9.53 Å². The van der Waals surface area contributed by atoms with Gasteiger partial charge in [0.05, 0.1) is 22.6 Å². The van der Waals surface area contributed by atoms with E-state index >= 15 is 0 Å². The lowest BCUT2D eigenvalue weighted by atomic mass is 9.47. The lowest BCUT2D eigenvalue weighted by Crippen LogP contribution is -2.58. The molecule has 10 heteroatoms. The highest BCUT2D eigenvalue weighted by Crippen LogP contribution is 2.63. The SMILES string of the molecule is CC(C)(C)OC(=O)NCCNC(=O)C12CC3CC(C1)C(n1c(=O)[nH]c4cnc5[nH]ccc5c41)C(C3)C2. The fourth-order valence-corrected chi connectivity index (χ4v) is 7.45. The van der Waals surface area contributed by atoms with Gasteiger partial charge in [0.1, 0.15) is 11.2 Å². The number of nitrogens with one attached hydrogen (secondary N) is 4. The van der Waals surface area contributed by atoms with Crippen LogP contribution in [0.25, 0.3) is 22.1 Å². The highest BCUT2D eigenvalue weighted by molar-refractivity contribution is 6.01. The summed E-state index contributed by atoms with van der Waals surface area (Å²) in [5.74, 6) is 1.15. The smallest absolute Gasteiger partial charge is 0.407 e. The monoisotopic (exact) mass is 494 g/mol. The molecule has 4 fully saturated rings. The van der Waals surface area contributed by atoms with Crippen LogP contribution in [-0.4, -0.2) is 50.2 Å². The molecule has 0 aliphatic heterocycles. The zero-order valence-electron chi connectivity index (χ0n) is 21.0. The lowest BCUT2D eigenvalue weighted by molar-refractivity contribution is -0.151. The summed E-state index contributed by atoms with van der Waals surface area (Å²) < 4.78 is 7.22. The molecule has 10 nitrogen and oxygen atoms in total. The number of aromatic amines is 2. The van der Waals surface area contributed by atoms with Crippen molar-refractivity contribution in [2.24, 2.45) is 23.2 Å². The number of carbonyl (C=O) groups excluding carboxylic acids is 2. The maximum atomic E-state index is 13.4. The number of pyridine rings is 1. The van der Waals surface area contributed by atoms with Crippen molar-refractivity contribution < 1.29 is 14.3 Å². The van der Waals surface area contributed by atoms with Gasteiger partial charge in [-0.15, -0.1) is 0 Å². The van der Waals surface area contributed by atoms with Gasteiger partial charge in [0.25, 0.3) is 0 Å². The van der Waals surface area contributed by atoms with Crippen molar-refractivity contribution >= 4 is 34.1 Å². The molecule has 2 unspecified atom stereocenters. The van der Waals surface area contributed by atoms with Crippen LogP contribution < -0.4 is 16.3 Å². The van der Waals surface area contributed by atoms with Crippen molar-refractivity contribution in [2.75, 3.05) is 13.1 Å². The van der Waals surface area contributed by atoms with Gasteiger partial charge in [-0.1, -0.05) is 0 Å². The summed E-state index contributed by atoms with van der Waals surface area (Å²) in [6.45, 7) is 6.13. The van der Waals surface area contributed by atoms with Gasteiger partial charge in [-0.3, -0.25) is 9.36 Å². The molecule has 3 aromatic rings. The summed E-state index contributed by atoms with van der Waals surface area (Å²) in [7, 11) is 0. The predicted molar refractivity (Wildman–Crippen MR) is 134 cm³/mol. The molecule has 0 radical (unpaired) electrons. The average Bonchev–Trinajstić information content (AvgIpc) is 3.38. The Hall–Kier alpha value is -3.30. The minimum atomic E-state index is -0.556. The van der Waals surface area contributed by atoms with Crippen molar-refractivity contribution in [3.8, 4) is 0 Å². The molecule has 2 amide bonds. The predicted octanol–water partition coefficient (Wildman–Crippen LogP) is 3.21. The van der Waals surface area contributed by atoms with Gasteiger partial charge in [-0.05, 0) is 76.7 Å². The Morgan fingerprint density at radius 3 is 2.61 bits per heavy atom. The van der Waals surface area contributed by atoms with E-state index in [1.54, 1.807) is 6.20 Å². The highest BCUT2D eigenvalue weighted by atomic mass is 16.6. The standard InChI is InChI=1S/C26H34N6O4/c1-25(2,3)36-24(35)29-7-6-28-22(33)26-10-14-8-15(11-26)19(16(9-14)12-26)32-20-17-4-5-27-21(17)30-13-18(20)31-23(32)34/h4-5,13-16,19H,6-12H2,1-3H3,(H,27,30)(H,28,33)(H,29,35)(H,31,34). The van der Waals surface area contributed by atoms with Crippen LogP contribution in [0.1, 0.15) is 58.9 Å². The fourth-order valence-electron chi connectivity index (χ4n) is 7.45. The summed E-state index contributed by atoms with van der Waals surface area (Å²) in [6.07, 6.45) is 7.69. The van der Waals surface area contributed by atoms with Gasteiger partial charge in [0.2, 0.25) is 5.91 Å². The molecule has 0 saturated heterocycles. The Morgan fingerprint density at radius 1 is 1.17 bits per heavy atom. The van der Waals surface area contributed by atoms with E-state index in [0.717, 1.165) is 54.2 Å². The molecule has 4 saturated carbocycles. The Morgan fingerprint density at radius 2 is 1.89 bits per heavy atom. The summed E-state index contributed by atoms with van der Waals surface area (Å²) in [4.78, 5) is 49.1. The lowest BCUT2D eigenvalue weighted by Gasteiger charge is -2.59. The number of aromatic nitrogens is 4. The molecule has 36 heavy (non-hydrogen) atoms. The topological polar surface area (TPSA) is 134 Å². The molecule has 4 bridgehead atoms. The first-order chi connectivity index (χ1) is 17.1. The van der Waals surface area contributed by atoms with E-state index in [1.807, 2.05) is 37.6 Å². The number of nitrogens with zero attached hydrogens (tertiary/aromatic N) is 2. The Labute approximate surface area is 208 Å². The van der Waals surface area contributed by atoms with E-state index in [4.69, 9.17) is 4.74 Å². The van der Waals surface area contributed by atoms with Crippen molar-refractivity contribution in [3.05, 3.63) is 28.9 Å². The third-order valence-electron chi connectivity index (χ3n) is 8.34. The second kappa shape index (κ2) is 8.11. The van der Waals surface area contributed by atoms with E-state index < -0.39 is 11.7 Å². The number of hydrogen-bond donors (Lipinski definition) is 4. The fraction of sp³-hybridized carbons (Fsp3) is 0.615. The van der Waals surface area contributed by atoms with Crippen LogP contribution in [0.5, 0.6) is 0 Å². The number of rotatable bonds is 5.